The molecule has 1 aromatic carbocycles. The van der Waals surface area contributed by atoms with Gasteiger partial charge in [0.15, 0.2) is 0 Å². The zero-order valence-corrected chi connectivity index (χ0v) is 10.9. The number of hydrogen-bond donors (Lipinski definition) is 3. The molecule has 1 atom stereocenters. The van der Waals surface area contributed by atoms with Crippen LogP contribution in [-0.4, -0.2) is 18.6 Å². The molecule has 0 aliphatic carbocycles. The maximum absolute atomic E-state index is 13.6. The number of aromatic amines is 1. The fourth-order valence-corrected chi connectivity index (χ4v) is 2.93. The lowest BCUT2D eigenvalue weighted by molar-refractivity contribution is 0.547. The Morgan fingerprint density at radius 1 is 1.47 bits per heavy atom. The van der Waals surface area contributed by atoms with E-state index >= 15 is 0 Å². The summed E-state index contributed by atoms with van der Waals surface area (Å²) in [5.74, 6) is -0.846. The number of nitrogens with one attached hydrogen (secondary N) is 2. The molecule has 0 aliphatic heterocycles. The molecule has 0 amide bonds. The molecular formula is C11H13FN4O2S. The lowest BCUT2D eigenvalue weighted by Gasteiger charge is -2.13. The second-order valence-electron chi connectivity index (χ2n) is 4.06. The van der Waals surface area contributed by atoms with E-state index in [0.717, 1.165) is 12.1 Å². The number of nitrogen functional groups attached to an aromatic ring is 1. The van der Waals surface area contributed by atoms with E-state index in [1.54, 1.807) is 13.1 Å². The molecule has 0 saturated heterocycles. The topological polar surface area (TPSA) is 101 Å². The van der Waals surface area contributed by atoms with Gasteiger partial charge in [-0.1, -0.05) is 0 Å². The molecule has 102 valence electrons. The van der Waals surface area contributed by atoms with Crippen molar-refractivity contribution in [2.45, 2.75) is 17.9 Å². The number of rotatable bonds is 4. The van der Waals surface area contributed by atoms with E-state index in [2.05, 4.69) is 14.9 Å². The Morgan fingerprint density at radius 2 is 2.21 bits per heavy atom. The molecule has 0 aliphatic rings. The lowest BCUT2D eigenvalue weighted by Crippen LogP contribution is -2.27. The Hall–Kier alpha value is -1.93. The van der Waals surface area contributed by atoms with Crippen LogP contribution in [-0.2, 0) is 10.0 Å². The first-order chi connectivity index (χ1) is 8.90. The number of aromatic nitrogens is 2. The molecular weight excluding hydrogens is 271 g/mol. The van der Waals surface area contributed by atoms with Gasteiger partial charge in [-0.15, -0.1) is 0 Å². The Balaban J connectivity index is 2.30. The highest BCUT2D eigenvalue weighted by molar-refractivity contribution is 7.89. The van der Waals surface area contributed by atoms with Gasteiger partial charge in [-0.25, -0.2) is 17.5 Å². The van der Waals surface area contributed by atoms with Crippen LogP contribution < -0.4 is 10.5 Å². The second-order valence-corrected chi connectivity index (χ2v) is 5.75. The average Bonchev–Trinajstić information content (AvgIpc) is 2.85. The maximum Gasteiger partial charge on any atom is 0.244 e. The highest BCUT2D eigenvalue weighted by atomic mass is 32.2. The molecule has 1 heterocycles. The fourth-order valence-electron chi connectivity index (χ4n) is 1.59. The lowest BCUT2D eigenvalue weighted by atomic mass is 10.2. The van der Waals surface area contributed by atoms with Gasteiger partial charge in [-0.3, -0.25) is 5.10 Å². The number of hydrogen-bond acceptors (Lipinski definition) is 4. The van der Waals surface area contributed by atoms with Crippen molar-refractivity contribution in [2.24, 2.45) is 0 Å². The third kappa shape index (κ3) is 2.91. The van der Waals surface area contributed by atoms with Crippen LogP contribution in [0.3, 0.4) is 0 Å². The van der Waals surface area contributed by atoms with Crippen molar-refractivity contribution in [2.75, 3.05) is 5.73 Å². The molecule has 4 N–H and O–H groups in total. The second kappa shape index (κ2) is 4.98. The molecule has 19 heavy (non-hydrogen) atoms. The number of halogens is 1. The van der Waals surface area contributed by atoms with Gasteiger partial charge in [0.05, 0.1) is 6.20 Å². The van der Waals surface area contributed by atoms with E-state index in [-0.39, 0.29) is 5.69 Å². The van der Waals surface area contributed by atoms with E-state index < -0.39 is 26.8 Å². The molecule has 0 radical (unpaired) electrons. The molecule has 1 aromatic heterocycles. The largest absolute Gasteiger partial charge is 0.399 e. The van der Waals surface area contributed by atoms with Gasteiger partial charge < -0.3 is 5.73 Å². The van der Waals surface area contributed by atoms with Crippen molar-refractivity contribution in [1.82, 2.24) is 14.9 Å². The summed E-state index contributed by atoms with van der Waals surface area (Å²) in [5.41, 5.74) is 6.30. The van der Waals surface area contributed by atoms with Crippen LogP contribution >= 0.6 is 0 Å². The maximum atomic E-state index is 13.6. The van der Waals surface area contributed by atoms with E-state index in [9.17, 15) is 12.8 Å². The van der Waals surface area contributed by atoms with Crippen molar-refractivity contribution >= 4 is 15.7 Å². The quantitative estimate of drug-likeness (QED) is 0.733. The van der Waals surface area contributed by atoms with E-state index in [4.69, 9.17) is 5.73 Å². The van der Waals surface area contributed by atoms with Crippen LogP contribution in [0.1, 0.15) is 18.5 Å². The minimum Gasteiger partial charge on any atom is -0.399 e. The number of nitrogens with two attached hydrogens (primary N) is 1. The van der Waals surface area contributed by atoms with Gasteiger partial charge in [0.25, 0.3) is 0 Å². The first kappa shape index (κ1) is 13.5. The van der Waals surface area contributed by atoms with Crippen LogP contribution in [0.5, 0.6) is 0 Å². The first-order valence-corrected chi connectivity index (χ1v) is 6.94. The molecule has 0 saturated carbocycles. The third-order valence-electron chi connectivity index (χ3n) is 2.60. The number of benzene rings is 1. The van der Waals surface area contributed by atoms with Crippen molar-refractivity contribution in [3.63, 3.8) is 0 Å². The Morgan fingerprint density at radius 3 is 2.84 bits per heavy atom. The number of H-pyrrole nitrogens is 1. The van der Waals surface area contributed by atoms with Crippen LogP contribution in [0.25, 0.3) is 0 Å². The van der Waals surface area contributed by atoms with Gasteiger partial charge in [-0.05, 0) is 25.1 Å². The van der Waals surface area contributed by atoms with Gasteiger partial charge in [0.2, 0.25) is 10.0 Å². The van der Waals surface area contributed by atoms with Gasteiger partial charge in [-0.2, -0.15) is 5.10 Å². The molecule has 2 rings (SSSR count). The molecule has 0 bridgehead atoms. The van der Waals surface area contributed by atoms with Crippen LogP contribution in [0, 0.1) is 5.82 Å². The Kier molecular flexibility index (Phi) is 3.54. The summed E-state index contributed by atoms with van der Waals surface area (Å²) in [4.78, 5) is -0.470. The number of sulfonamides is 1. The minimum atomic E-state index is -3.99. The van der Waals surface area contributed by atoms with Gasteiger partial charge in [0, 0.05) is 23.5 Å². The average molecular weight is 284 g/mol. The third-order valence-corrected chi connectivity index (χ3v) is 4.15. The predicted octanol–water partition coefficient (Wildman–Crippen LogP) is 1.17. The fraction of sp³-hybridized carbons (Fsp3) is 0.182. The highest BCUT2D eigenvalue weighted by Gasteiger charge is 2.22. The molecule has 0 spiro atoms. The number of anilines is 1. The summed E-state index contributed by atoms with van der Waals surface area (Å²) in [6, 6.07) is 2.87. The van der Waals surface area contributed by atoms with E-state index in [0.29, 0.717) is 5.56 Å². The monoisotopic (exact) mass is 284 g/mol. The highest BCUT2D eigenvalue weighted by Crippen LogP contribution is 2.20. The summed E-state index contributed by atoms with van der Waals surface area (Å²) in [6.07, 6.45) is 3.05. The van der Waals surface area contributed by atoms with E-state index in [1.165, 1.54) is 12.3 Å². The van der Waals surface area contributed by atoms with Crippen LogP contribution in [0.4, 0.5) is 10.1 Å². The molecule has 2 aromatic rings. The summed E-state index contributed by atoms with van der Waals surface area (Å²) in [6.45, 7) is 1.63. The Bertz CT molecular complexity index is 670. The zero-order valence-electron chi connectivity index (χ0n) is 10.1. The Labute approximate surface area is 109 Å². The standard InChI is InChI=1S/C11H13FN4O2S/c1-7(8-5-14-15-6-8)16-19(17,18)11-4-9(13)2-3-10(11)12/h2-7,16H,13H2,1H3,(H,14,15). The van der Waals surface area contributed by atoms with E-state index in [1.807, 2.05) is 0 Å². The van der Waals surface area contributed by atoms with Crippen LogP contribution in [0.2, 0.25) is 0 Å². The number of nitrogens with zero attached hydrogens (tertiary/aromatic N) is 1. The summed E-state index contributed by atoms with van der Waals surface area (Å²) in [7, 11) is -3.99. The van der Waals surface area contributed by atoms with Crippen LogP contribution in [0.15, 0.2) is 35.5 Å². The molecule has 1 unspecified atom stereocenters. The zero-order chi connectivity index (χ0) is 14.0. The molecule has 8 heteroatoms. The minimum absolute atomic E-state index is 0.178. The molecule has 6 nitrogen and oxygen atoms in total. The SMILES string of the molecule is CC(NS(=O)(=O)c1cc(N)ccc1F)c1cn[nH]c1. The normalized spacial score (nSPS) is 13.4. The van der Waals surface area contributed by atoms with Crippen molar-refractivity contribution in [1.29, 1.82) is 0 Å². The van der Waals surface area contributed by atoms with Crippen molar-refractivity contribution < 1.29 is 12.8 Å². The summed E-state index contributed by atoms with van der Waals surface area (Å²) >= 11 is 0. The molecule has 0 fully saturated rings. The van der Waals surface area contributed by atoms with Gasteiger partial charge in [0.1, 0.15) is 10.7 Å². The summed E-state index contributed by atoms with van der Waals surface area (Å²) < 4.78 is 40.1. The first-order valence-electron chi connectivity index (χ1n) is 5.46. The van der Waals surface area contributed by atoms with Crippen molar-refractivity contribution in [3.8, 4) is 0 Å². The smallest absolute Gasteiger partial charge is 0.244 e. The van der Waals surface area contributed by atoms with Gasteiger partial charge >= 0.3 is 0 Å². The summed E-state index contributed by atoms with van der Waals surface area (Å²) in [5, 5.41) is 6.30. The predicted molar refractivity (Wildman–Crippen MR) is 68.1 cm³/mol. The van der Waals surface area contributed by atoms with Crippen molar-refractivity contribution in [3.05, 3.63) is 42.0 Å².